The highest BCUT2D eigenvalue weighted by molar-refractivity contribution is 5.45. The highest BCUT2D eigenvalue weighted by atomic mass is 16.6. The van der Waals surface area contributed by atoms with Gasteiger partial charge in [0.2, 0.25) is 5.56 Å². The van der Waals surface area contributed by atoms with Gasteiger partial charge in [-0.2, -0.15) is 0 Å². The maximum Gasteiger partial charge on any atom is 0.310 e. The lowest BCUT2D eigenvalue weighted by Gasteiger charge is -2.17. The summed E-state index contributed by atoms with van der Waals surface area (Å²) in [5.74, 6) is 0.115. The predicted molar refractivity (Wildman–Crippen MR) is 88.1 cm³/mol. The molecule has 1 aromatic carbocycles. The second-order valence-electron chi connectivity index (χ2n) is 5.31. The Labute approximate surface area is 138 Å². The second kappa shape index (κ2) is 8.23. The van der Waals surface area contributed by atoms with Crippen molar-refractivity contribution >= 4 is 5.69 Å². The van der Waals surface area contributed by atoms with Crippen LogP contribution in [0.1, 0.15) is 18.5 Å². The van der Waals surface area contributed by atoms with E-state index in [-0.39, 0.29) is 36.2 Å². The zero-order valence-electron chi connectivity index (χ0n) is 13.1. The summed E-state index contributed by atoms with van der Waals surface area (Å²) in [5, 5.41) is 23.9. The average molecular weight is 333 g/mol. The number of benzene rings is 1. The molecule has 24 heavy (non-hydrogen) atoms. The van der Waals surface area contributed by atoms with E-state index in [0.29, 0.717) is 0 Å². The molecule has 2 rings (SSSR count). The van der Waals surface area contributed by atoms with Crippen LogP contribution in [-0.2, 0) is 0 Å². The van der Waals surface area contributed by atoms with Gasteiger partial charge in [-0.3, -0.25) is 14.9 Å². The largest absolute Gasteiger partial charge is 0.484 e. The van der Waals surface area contributed by atoms with Gasteiger partial charge in [0.1, 0.15) is 12.7 Å². The minimum Gasteiger partial charge on any atom is -0.484 e. The lowest BCUT2D eigenvalue weighted by atomic mass is 10.1. The van der Waals surface area contributed by atoms with Crippen molar-refractivity contribution in [2.24, 2.45) is 0 Å². The number of hydrogen-bond donors (Lipinski definition) is 3. The molecule has 0 radical (unpaired) electrons. The van der Waals surface area contributed by atoms with Gasteiger partial charge in [0, 0.05) is 30.9 Å². The maximum absolute atomic E-state index is 11.3. The molecule has 8 nitrogen and oxygen atoms in total. The number of aromatic nitrogens is 1. The highest BCUT2D eigenvalue weighted by Gasteiger charge is 2.15. The fraction of sp³-hybridized carbons (Fsp3) is 0.312. The van der Waals surface area contributed by atoms with Crippen LogP contribution in [0.4, 0.5) is 5.69 Å². The van der Waals surface area contributed by atoms with Crippen molar-refractivity contribution in [3.05, 3.63) is 68.6 Å². The molecule has 2 aromatic rings. The summed E-state index contributed by atoms with van der Waals surface area (Å²) in [5.41, 5.74) is 0.460. The van der Waals surface area contributed by atoms with Gasteiger partial charge in [-0.25, -0.2) is 0 Å². The van der Waals surface area contributed by atoms with Crippen LogP contribution in [0, 0.1) is 10.1 Å². The number of para-hydroxylation sites is 2. The van der Waals surface area contributed by atoms with Crippen LogP contribution in [0.25, 0.3) is 0 Å². The van der Waals surface area contributed by atoms with Gasteiger partial charge in [0.25, 0.3) is 0 Å². The molecule has 0 saturated heterocycles. The first-order valence-electron chi connectivity index (χ1n) is 7.43. The molecule has 0 bridgehead atoms. The molecule has 3 N–H and O–H groups in total. The molecule has 8 heteroatoms. The number of nitrogens with one attached hydrogen (secondary N) is 2. The van der Waals surface area contributed by atoms with Gasteiger partial charge in [-0.05, 0) is 24.6 Å². The van der Waals surface area contributed by atoms with Crippen LogP contribution in [0.3, 0.4) is 0 Å². The van der Waals surface area contributed by atoms with Crippen molar-refractivity contribution in [1.82, 2.24) is 10.3 Å². The minimum atomic E-state index is -0.853. The van der Waals surface area contributed by atoms with Crippen molar-refractivity contribution in [3.8, 4) is 5.75 Å². The Morgan fingerprint density at radius 3 is 2.83 bits per heavy atom. The second-order valence-corrected chi connectivity index (χ2v) is 5.31. The Balaban J connectivity index is 1.85. The summed E-state index contributed by atoms with van der Waals surface area (Å²) < 4.78 is 5.33. The zero-order valence-corrected chi connectivity index (χ0v) is 13.1. The lowest BCUT2D eigenvalue weighted by molar-refractivity contribution is -0.385. The van der Waals surface area contributed by atoms with Crippen molar-refractivity contribution in [2.75, 3.05) is 13.2 Å². The fourth-order valence-corrected chi connectivity index (χ4v) is 2.14. The van der Waals surface area contributed by atoms with Gasteiger partial charge in [-0.1, -0.05) is 12.1 Å². The number of aliphatic hydroxyl groups is 1. The van der Waals surface area contributed by atoms with Crippen LogP contribution in [-0.4, -0.2) is 34.3 Å². The van der Waals surface area contributed by atoms with Crippen LogP contribution < -0.4 is 15.6 Å². The number of H-pyrrole nitrogens is 1. The average Bonchev–Trinajstić information content (AvgIpc) is 2.58. The molecule has 0 aliphatic carbocycles. The summed E-state index contributed by atoms with van der Waals surface area (Å²) in [6.45, 7) is 2.00. The van der Waals surface area contributed by atoms with Crippen molar-refractivity contribution in [3.63, 3.8) is 0 Å². The standard InChI is InChI=1S/C16H19N3O5/c1-11(12-6-7-17-16(21)8-12)18-9-13(20)10-24-15-5-3-2-4-14(15)19(22)23/h2-8,11,13,18,20H,9-10H2,1H3,(H,17,21). The molecular formula is C16H19N3O5. The van der Waals surface area contributed by atoms with Crippen molar-refractivity contribution < 1.29 is 14.8 Å². The van der Waals surface area contributed by atoms with E-state index in [1.165, 1.54) is 18.2 Å². The summed E-state index contributed by atoms with van der Waals surface area (Å²) in [6.07, 6.45) is 0.707. The molecule has 2 atom stereocenters. The zero-order chi connectivity index (χ0) is 17.5. The SMILES string of the molecule is CC(NCC(O)COc1ccccc1[N+](=O)[O-])c1cc[nH]c(=O)c1. The molecule has 2 unspecified atom stereocenters. The Hall–Kier alpha value is -2.71. The number of rotatable bonds is 8. The van der Waals surface area contributed by atoms with Crippen molar-refractivity contribution in [2.45, 2.75) is 19.1 Å². The summed E-state index contributed by atoms with van der Waals surface area (Å²) >= 11 is 0. The maximum atomic E-state index is 11.3. The Bertz CT molecular complexity index is 746. The molecule has 0 spiro atoms. The van der Waals surface area contributed by atoms with E-state index in [9.17, 15) is 20.0 Å². The van der Waals surface area contributed by atoms with Crippen LogP contribution in [0.5, 0.6) is 5.75 Å². The number of hydrogen-bond acceptors (Lipinski definition) is 6. The summed E-state index contributed by atoms with van der Waals surface area (Å²) in [6, 6.07) is 9.12. The number of aromatic amines is 1. The first-order valence-corrected chi connectivity index (χ1v) is 7.43. The molecular weight excluding hydrogens is 314 g/mol. The predicted octanol–water partition coefficient (Wildman–Crippen LogP) is 1.37. The third-order valence-corrected chi connectivity index (χ3v) is 3.45. The van der Waals surface area contributed by atoms with Crippen molar-refractivity contribution in [1.29, 1.82) is 0 Å². The topological polar surface area (TPSA) is 117 Å². The molecule has 0 amide bonds. The number of nitro benzene ring substituents is 1. The van der Waals surface area contributed by atoms with E-state index in [0.717, 1.165) is 5.56 Å². The highest BCUT2D eigenvalue weighted by Crippen LogP contribution is 2.25. The third kappa shape index (κ3) is 4.90. The molecule has 128 valence electrons. The molecule has 1 aromatic heterocycles. The third-order valence-electron chi connectivity index (χ3n) is 3.45. The van der Waals surface area contributed by atoms with Crippen LogP contribution >= 0.6 is 0 Å². The van der Waals surface area contributed by atoms with E-state index in [1.807, 2.05) is 6.92 Å². The van der Waals surface area contributed by atoms with E-state index in [1.54, 1.807) is 24.4 Å². The van der Waals surface area contributed by atoms with E-state index >= 15 is 0 Å². The number of aliphatic hydroxyl groups excluding tert-OH is 1. The first-order chi connectivity index (χ1) is 11.5. The number of ether oxygens (including phenoxy) is 1. The quantitative estimate of drug-likeness (QED) is 0.496. The summed E-state index contributed by atoms with van der Waals surface area (Å²) in [7, 11) is 0. The molecule has 0 saturated carbocycles. The number of nitro groups is 1. The van der Waals surface area contributed by atoms with Gasteiger partial charge < -0.3 is 20.1 Å². The Morgan fingerprint density at radius 2 is 2.12 bits per heavy atom. The van der Waals surface area contributed by atoms with E-state index < -0.39 is 11.0 Å². The number of nitrogens with zero attached hydrogens (tertiary/aromatic N) is 1. The van der Waals surface area contributed by atoms with Crippen LogP contribution in [0.2, 0.25) is 0 Å². The molecule has 0 aliphatic heterocycles. The normalized spacial score (nSPS) is 13.2. The Morgan fingerprint density at radius 1 is 1.38 bits per heavy atom. The Kier molecular flexibility index (Phi) is 6.05. The van der Waals surface area contributed by atoms with Gasteiger partial charge in [0.05, 0.1) is 4.92 Å². The smallest absolute Gasteiger partial charge is 0.310 e. The molecule has 0 aliphatic rings. The molecule has 0 fully saturated rings. The van der Waals surface area contributed by atoms with Gasteiger partial charge in [0.15, 0.2) is 5.75 Å². The van der Waals surface area contributed by atoms with E-state index in [2.05, 4.69) is 10.3 Å². The first kappa shape index (κ1) is 17.6. The number of pyridine rings is 1. The molecule has 1 heterocycles. The van der Waals surface area contributed by atoms with Gasteiger partial charge in [-0.15, -0.1) is 0 Å². The minimum absolute atomic E-state index is 0.0834. The van der Waals surface area contributed by atoms with Gasteiger partial charge >= 0.3 is 5.69 Å². The van der Waals surface area contributed by atoms with E-state index in [4.69, 9.17) is 4.74 Å². The monoisotopic (exact) mass is 333 g/mol. The van der Waals surface area contributed by atoms with Crippen LogP contribution in [0.15, 0.2) is 47.4 Å². The summed E-state index contributed by atoms with van der Waals surface area (Å²) in [4.78, 5) is 24.2. The lowest BCUT2D eigenvalue weighted by Crippen LogP contribution is -2.33. The fourth-order valence-electron chi connectivity index (χ4n) is 2.14.